The molecule has 0 atom stereocenters. The zero-order valence-electron chi connectivity index (χ0n) is 12.0. The first-order valence-electron chi connectivity index (χ1n) is 6.46. The van der Waals surface area contributed by atoms with Gasteiger partial charge < -0.3 is 5.11 Å². The minimum absolute atomic E-state index is 0.0663. The van der Waals surface area contributed by atoms with Crippen LogP contribution in [-0.2, 0) is 4.79 Å². The van der Waals surface area contributed by atoms with E-state index in [1.165, 1.54) is 6.07 Å². The molecule has 2 aromatic rings. The number of aliphatic carboxylic acids is 1. The van der Waals surface area contributed by atoms with Gasteiger partial charge in [-0.25, -0.2) is 4.39 Å². The fraction of sp³-hybridized carbons (Fsp3) is 0.357. The Kier molecular flexibility index (Phi) is 4.62. The molecule has 21 heavy (non-hydrogen) atoms. The number of benzene rings is 1. The molecule has 1 heterocycles. The molecule has 0 aliphatic heterocycles. The maximum absolute atomic E-state index is 13.4. The third-order valence-corrected chi connectivity index (χ3v) is 3.85. The molecule has 1 aromatic carbocycles. The SMILES string of the molecule is Cc1cc(-c2nnc(SCC(=O)O)n2C(C)C)ccc1F. The average molecular weight is 309 g/mol. The number of thioether (sulfide) groups is 1. The molecule has 1 N–H and O–H groups in total. The number of rotatable bonds is 5. The minimum Gasteiger partial charge on any atom is -0.481 e. The van der Waals surface area contributed by atoms with Crippen molar-refractivity contribution in [3.8, 4) is 11.4 Å². The molecule has 0 bridgehead atoms. The highest BCUT2D eigenvalue weighted by Gasteiger charge is 2.18. The highest BCUT2D eigenvalue weighted by atomic mass is 32.2. The first-order valence-corrected chi connectivity index (χ1v) is 7.44. The normalized spacial score (nSPS) is 11.1. The van der Waals surface area contributed by atoms with E-state index in [2.05, 4.69) is 10.2 Å². The smallest absolute Gasteiger partial charge is 0.313 e. The number of carboxylic acids is 1. The van der Waals surface area contributed by atoms with Crippen LogP contribution in [0.4, 0.5) is 4.39 Å². The quantitative estimate of drug-likeness (QED) is 0.859. The second-order valence-electron chi connectivity index (χ2n) is 4.92. The van der Waals surface area contributed by atoms with Crippen LogP contribution in [0.3, 0.4) is 0 Å². The summed E-state index contributed by atoms with van der Waals surface area (Å²) >= 11 is 1.12. The molecule has 0 saturated heterocycles. The van der Waals surface area contributed by atoms with E-state index in [-0.39, 0.29) is 17.6 Å². The summed E-state index contributed by atoms with van der Waals surface area (Å²) in [5.74, 6) is -0.638. The van der Waals surface area contributed by atoms with E-state index in [0.29, 0.717) is 16.5 Å². The van der Waals surface area contributed by atoms with Crippen molar-refractivity contribution in [2.75, 3.05) is 5.75 Å². The Morgan fingerprint density at radius 3 is 2.71 bits per heavy atom. The lowest BCUT2D eigenvalue weighted by atomic mass is 10.1. The van der Waals surface area contributed by atoms with E-state index >= 15 is 0 Å². The van der Waals surface area contributed by atoms with E-state index in [4.69, 9.17) is 5.11 Å². The molecule has 0 fully saturated rings. The van der Waals surface area contributed by atoms with E-state index in [1.807, 2.05) is 18.4 Å². The van der Waals surface area contributed by atoms with Crippen LogP contribution in [0, 0.1) is 12.7 Å². The van der Waals surface area contributed by atoms with Crippen LogP contribution < -0.4 is 0 Å². The van der Waals surface area contributed by atoms with Gasteiger partial charge in [-0.15, -0.1) is 10.2 Å². The molecular weight excluding hydrogens is 293 g/mol. The van der Waals surface area contributed by atoms with Crippen molar-refractivity contribution in [1.29, 1.82) is 0 Å². The Morgan fingerprint density at radius 2 is 2.14 bits per heavy atom. The molecule has 0 aliphatic carbocycles. The van der Waals surface area contributed by atoms with Crippen molar-refractivity contribution in [3.63, 3.8) is 0 Å². The van der Waals surface area contributed by atoms with E-state index in [0.717, 1.165) is 17.3 Å². The Bertz CT molecular complexity index is 670. The van der Waals surface area contributed by atoms with E-state index < -0.39 is 5.97 Å². The predicted molar refractivity (Wildman–Crippen MR) is 78.9 cm³/mol. The van der Waals surface area contributed by atoms with E-state index in [9.17, 15) is 9.18 Å². The number of carboxylic acid groups (broad SMARTS) is 1. The molecular formula is C14H16FN3O2S. The van der Waals surface area contributed by atoms with Gasteiger partial charge in [0.05, 0.1) is 5.75 Å². The van der Waals surface area contributed by atoms with Gasteiger partial charge >= 0.3 is 5.97 Å². The summed E-state index contributed by atoms with van der Waals surface area (Å²) in [7, 11) is 0. The number of carbonyl (C=O) groups is 1. The van der Waals surface area contributed by atoms with Gasteiger partial charge in [-0.1, -0.05) is 11.8 Å². The number of hydrogen-bond acceptors (Lipinski definition) is 4. The molecule has 112 valence electrons. The largest absolute Gasteiger partial charge is 0.481 e. The number of halogens is 1. The molecule has 0 amide bonds. The Labute approximate surface area is 126 Å². The fourth-order valence-electron chi connectivity index (χ4n) is 1.95. The summed E-state index contributed by atoms with van der Waals surface area (Å²) in [6.45, 7) is 5.62. The molecule has 7 heteroatoms. The zero-order valence-corrected chi connectivity index (χ0v) is 12.8. The van der Waals surface area contributed by atoms with Gasteiger partial charge in [-0.3, -0.25) is 9.36 Å². The van der Waals surface area contributed by atoms with Crippen molar-refractivity contribution in [3.05, 3.63) is 29.6 Å². The first kappa shape index (κ1) is 15.5. The molecule has 0 radical (unpaired) electrons. The number of nitrogens with zero attached hydrogens (tertiary/aromatic N) is 3. The maximum atomic E-state index is 13.4. The van der Waals surface area contributed by atoms with Crippen molar-refractivity contribution in [2.24, 2.45) is 0 Å². The van der Waals surface area contributed by atoms with Crippen LogP contribution in [0.5, 0.6) is 0 Å². The average Bonchev–Trinajstić information content (AvgIpc) is 2.83. The molecule has 0 spiro atoms. The van der Waals surface area contributed by atoms with Crippen LogP contribution in [0.15, 0.2) is 23.4 Å². The third kappa shape index (κ3) is 3.41. The number of aromatic nitrogens is 3. The summed E-state index contributed by atoms with van der Waals surface area (Å²) in [6.07, 6.45) is 0. The predicted octanol–water partition coefficient (Wildman–Crippen LogP) is 3.15. The van der Waals surface area contributed by atoms with E-state index in [1.54, 1.807) is 19.1 Å². The molecule has 0 saturated carbocycles. The fourth-order valence-corrected chi connectivity index (χ4v) is 2.74. The maximum Gasteiger partial charge on any atom is 0.313 e. The number of aryl methyl sites for hydroxylation is 1. The highest BCUT2D eigenvalue weighted by Crippen LogP contribution is 2.28. The van der Waals surface area contributed by atoms with Crippen molar-refractivity contribution < 1.29 is 14.3 Å². The van der Waals surface area contributed by atoms with Crippen LogP contribution in [0.1, 0.15) is 25.5 Å². The molecule has 0 unspecified atom stereocenters. The van der Waals surface area contributed by atoms with Crippen molar-refractivity contribution in [1.82, 2.24) is 14.8 Å². The van der Waals surface area contributed by atoms with Gasteiger partial charge in [-0.05, 0) is 44.5 Å². The van der Waals surface area contributed by atoms with Gasteiger partial charge in [0.2, 0.25) is 0 Å². The number of hydrogen-bond donors (Lipinski definition) is 1. The summed E-state index contributed by atoms with van der Waals surface area (Å²) < 4.78 is 15.2. The molecule has 1 aromatic heterocycles. The lowest BCUT2D eigenvalue weighted by molar-refractivity contribution is -0.133. The van der Waals surface area contributed by atoms with Gasteiger partial charge in [0, 0.05) is 11.6 Å². The topological polar surface area (TPSA) is 68.0 Å². The second kappa shape index (κ2) is 6.26. The summed E-state index contributed by atoms with van der Waals surface area (Å²) in [5, 5.41) is 17.5. The summed E-state index contributed by atoms with van der Waals surface area (Å²) in [5.41, 5.74) is 1.29. The Balaban J connectivity index is 2.43. The lowest BCUT2D eigenvalue weighted by Crippen LogP contribution is -2.07. The van der Waals surface area contributed by atoms with Crippen LogP contribution in [0.25, 0.3) is 11.4 Å². The summed E-state index contributed by atoms with van der Waals surface area (Å²) in [4.78, 5) is 10.7. The third-order valence-electron chi connectivity index (χ3n) is 2.92. The lowest BCUT2D eigenvalue weighted by Gasteiger charge is -2.13. The first-order chi connectivity index (χ1) is 9.90. The monoisotopic (exact) mass is 309 g/mol. The molecule has 0 aliphatic rings. The van der Waals surface area contributed by atoms with Crippen LogP contribution >= 0.6 is 11.8 Å². The van der Waals surface area contributed by atoms with Gasteiger partial charge in [0.1, 0.15) is 5.82 Å². The summed E-state index contributed by atoms with van der Waals surface area (Å²) in [6, 6.07) is 4.83. The highest BCUT2D eigenvalue weighted by molar-refractivity contribution is 7.99. The standard InChI is InChI=1S/C14H16FN3O2S/c1-8(2)18-13(10-4-5-11(15)9(3)6-10)16-17-14(18)21-7-12(19)20/h4-6,8H,7H2,1-3H3,(H,19,20). The zero-order chi connectivity index (χ0) is 15.6. The molecule has 2 rings (SSSR count). The van der Waals surface area contributed by atoms with Crippen LogP contribution in [-0.4, -0.2) is 31.6 Å². The Morgan fingerprint density at radius 1 is 1.43 bits per heavy atom. The van der Waals surface area contributed by atoms with Crippen molar-refractivity contribution >= 4 is 17.7 Å². The van der Waals surface area contributed by atoms with Gasteiger partial charge in [0.15, 0.2) is 11.0 Å². The molecule has 5 nitrogen and oxygen atoms in total. The Hall–Kier alpha value is -1.89. The van der Waals surface area contributed by atoms with Gasteiger partial charge in [0.25, 0.3) is 0 Å². The second-order valence-corrected chi connectivity index (χ2v) is 5.86. The van der Waals surface area contributed by atoms with Crippen molar-refractivity contribution in [2.45, 2.75) is 32.0 Å². The van der Waals surface area contributed by atoms with Crippen LogP contribution in [0.2, 0.25) is 0 Å². The minimum atomic E-state index is -0.905. The van der Waals surface area contributed by atoms with Gasteiger partial charge in [-0.2, -0.15) is 0 Å².